The first-order valence-electron chi connectivity index (χ1n) is 13.0. The maximum Gasteiger partial charge on any atom is 0.294 e. The molecule has 6 rings (SSSR count). The van der Waals surface area contributed by atoms with Gasteiger partial charge in [-0.2, -0.15) is 8.42 Å². The predicted octanol–water partition coefficient (Wildman–Crippen LogP) is 6.81. The van der Waals surface area contributed by atoms with Gasteiger partial charge in [-0.15, -0.1) is 12.6 Å². The Balaban J connectivity index is 0.00000165. The van der Waals surface area contributed by atoms with Crippen LogP contribution in [0.4, 0.5) is 5.69 Å². The van der Waals surface area contributed by atoms with Crippen molar-refractivity contribution in [2.75, 3.05) is 0 Å². The maximum absolute atomic E-state index is 13.8. The third kappa shape index (κ3) is 4.67. The van der Waals surface area contributed by atoms with Crippen molar-refractivity contribution in [3.63, 3.8) is 0 Å². The molecule has 0 atom stereocenters. The lowest BCUT2D eigenvalue weighted by Gasteiger charge is -2.15. The van der Waals surface area contributed by atoms with Gasteiger partial charge in [0.05, 0.1) is 21.6 Å². The summed E-state index contributed by atoms with van der Waals surface area (Å²) in [5.74, 6) is -0.160. The molecule has 0 aliphatic heterocycles. The number of carbonyl (C=O) groups is 1. The van der Waals surface area contributed by atoms with E-state index in [4.69, 9.17) is 4.99 Å². The van der Waals surface area contributed by atoms with Gasteiger partial charge in [0.25, 0.3) is 15.7 Å². The first-order valence-corrected chi connectivity index (χ1v) is 14.9. The number of nitrogens with zero attached hydrogens (tertiary/aromatic N) is 3. The smallest absolute Gasteiger partial charge is 0.294 e. The Bertz CT molecular complexity index is 2240. The SMILES string of the molecule is CC.CC(=O)c1ccc2c(=O)n3c4cc(S(=O)(=O)O)ccc4nc3c3ccc(C(C)=Nc4ccc(S)cc4C)c1c23. The zero-order chi connectivity index (χ0) is 29.8. The van der Waals surface area contributed by atoms with Gasteiger partial charge >= 0.3 is 0 Å². The summed E-state index contributed by atoms with van der Waals surface area (Å²) in [4.78, 5) is 36.6. The van der Waals surface area contributed by atoms with Gasteiger partial charge < -0.3 is 0 Å². The molecule has 0 unspecified atom stereocenters. The van der Waals surface area contributed by atoms with E-state index in [0.717, 1.165) is 16.1 Å². The van der Waals surface area contributed by atoms with Crippen LogP contribution in [0.2, 0.25) is 0 Å². The van der Waals surface area contributed by atoms with Crippen LogP contribution >= 0.6 is 12.6 Å². The number of hydrogen-bond acceptors (Lipinski definition) is 7. The van der Waals surface area contributed by atoms with E-state index in [1.54, 1.807) is 12.1 Å². The third-order valence-electron chi connectivity index (χ3n) is 7.00. The molecule has 2 aromatic heterocycles. The summed E-state index contributed by atoms with van der Waals surface area (Å²) < 4.78 is 34.4. The summed E-state index contributed by atoms with van der Waals surface area (Å²) in [5, 5.41) is 2.16. The van der Waals surface area contributed by atoms with Gasteiger partial charge in [0, 0.05) is 43.3 Å². The van der Waals surface area contributed by atoms with Crippen LogP contribution in [-0.2, 0) is 10.1 Å². The number of thiol groups is 1. The highest BCUT2D eigenvalue weighted by molar-refractivity contribution is 7.85. The molecule has 0 amide bonds. The Hall–Kier alpha value is -4.12. The Kier molecular flexibility index (Phi) is 7.19. The molecular weight excluding hydrogens is 558 g/mol. The monoisotopic (exact) mass is 585 g/mol. The molecule has 0 spiro atoms. The molecule has 0 aliphatic rings. The summed E-state index contributed by atoms with van der Waals surface area (Å²) >= 11 is 4.39. The van der Waals surface area contributed by atoms with E-state index in [9.17, 15) is 22.6 Å². The number of benzene rings is 4. The standard InChI is InChI=1S/C29H21N3O5S2.C2H6/c1-14-12-17(38)4-10-23(14)30-15(2)19-6-8-21-27-22(9-7-20(16(3)33)26(19)27)29(34)32-25-13-18(39(35,36)37)5-11-24(25)31-28(21)32;1-2/h4-13,38H,1-3H3,(H,35,36,37);1-2H3. The van der Waals surface area contributed by atoms with Crippen LogP contribution < -0.4 is 5.56 Å². The number of rotatable bonds is 4. The zero-order valence-electron chi connectivity index (χ0n) is 23.1. The molecular formula is C31H27N3O5S2. The van der Waals surface area contributed by atoms with Crippen LogP contribution in [0.25, 0.3) is 38.2 Å². The number of Topliss-reactive ketones (excluding diaryl/α,β-unsaturated/α-hetero) is 1. The predicted molar refractivity (Wildman–Crippen MR) is 167 cm³/mol. The number of aliphatic imine (C=N–C) groups is 1. The van der Waals surface area contributed by atoms with Crippen molar-refractivity contribution in [3.8, 4) is 0 Å². The molecule has 4 aromatic carbocycles. The van der Waals surface area contributed by atoms with E-state index in [-0.39, 0.29) is 16.2 Å². The minimum atomic E-state index is -4.49. The lowest BCUT2D eigenvalue weighted by atomic mass is 9.91. The van der Waals surface area contributed by atoms with Crippen molar-refractivity contribution in [1.82, 2.24) is 9.38 Å². The zero-order valence-corrected chi connectivity index (χ0v) is 24.8. The van der Waals surface area contributed by atoms with Crippen molar-refractivity contribution in [3.05, 3.63) is 87.7 Å². The van der Waals surface area contributed by atoms with Gasteiger partial charge in [-0.1, -0.05) is 19.9 Å². The average Bonchev–Trinajstić information content (AvgIpc) is 3.32. The van der Waals surface area contributed by atoms with E-state index in [2.05, 4.69) is 17.6 Å². The van der Waals surface area contributed by atoms with E-state index in [1.807, 2.05) is 58.0 Å². The Morgan fingerprint density at radius 1 is 0.927 bits per heavy atom. The molecule has 208 valence electrons. The van der Waals surface area contributed by atoms with E-state index < -0.39 is 15.7 Å². The highest BCUT2D eigenvalue weighted by Gasteiger charge is 2.22. The molecule has 10 heteroatoms. The second kappa shape index (κ2) is 10.4. The number of aryl methyl sites for hydroxylation is 1. The van der Waals surface area contributed by atoms with Crippen molar-refractivity contribution < 1.29 is 17.8 Å². The molecule has 6 aromatic rings. The maximum atomic E-state index is 13.8. The van der Waals surface area contributed by atoms with E-state index in [1.165, 1.54) is 29.5 Å². The van der Waals surface area contributed by atoms with Gasteiger partial charge in [0.2, 0.25) is 0 Å². The molecule has 0 aliphatic carbocycles. The van der Waals surface area contributed by atoms with E-state index >= 15 is 0 Å². The lowest BCUT2D eigenvalue weighted by Crippen LogP contribution is -2.15. The van der Waals surface area contributed by atoms with Crippen LogP contribution in [0.1, 0.15) is 49.2 Å². The second-order valence-electron chi connectivity index (χ2n) is 9.50. The fourth-order valence-electron chi connectivity index (χ4n) is 5.18. The average molecular weight is 586 g/mol. The van der Waals surface area contributed by atoms with Crippen molar-refractivity contribution in [2.24, 2.45) is 4.99 Å². The lowest BCUT2D eigenvalue weighted by molar-refractivity contribution is 0.101. The molecule has 0 saturated carbocycles. The molecule has 0 radical (unpaired) electrons. The molecule has 0 bridgehead atoms. The molecule has 41 heavy (non-hydrogen) atoms. The highest BCUT2D eigenvalue weighted by Crippen LogP contribution is 2.35. The highest BCUT2D eigenvalue weighted by atomic mass is 32.2. The second-order valence-corrected chi connectivity index (χ2v) is 11.4. The van der Waals surface area contributed by atoms with Gasteiger partial charge in [0.15, 0.2) is 5.78 Å². The third-order valence-corrected chi connectivity index (χ3v) is 8.12. The van der Waals surface area contributed by atoms with Crippen molar-refractivity contribution in [2.45, 2.75) is 44.4 Å². The van der Waals surface area contributed by atoms with Crippen LogP contribution in [-0.4, -0.2) is 33.9 Å². The fraction of sp³-hybridized carbons (Fsp3) is 0.161. The van der Waals surface area contributed by atoms with Crippen molar-refractivity contribution >= 4 is 78.2 Å². The van der Waals surface area contributed by atoms with Gasteiger partial charge in [0.1, 0.15) is 5.65 Å². The largest absolute Gasteiger partial charge is 0.294 e. The minimum absolute atomic E-state index is 0.160. The Morgan fingerprint density at radius 2 is 1.61 bits per heavy atom. The first kappa shape index (κ1) is 28.4. The van der Waals surface area contributed by atoms with Crippen LogP contribution in [0.15, 0.2) is 80.2 Å². The van der Waals surface area contributed by atoms with Crippen LogP contribution in [0.3, 0.4) is 0 Å². The number of pyridine rings is 1. The van der Waals surface area contributed by atoms with Crippen LogP contribution in [0.5, 0.6) is 0 Å². The van der Waals surface area contributed by atoms with Gasteiger partial charge in [-0.25, -0.2) is 4.98 Å². The Labute approximate surface area is 241 Å². The summed E-state index contributed by atoms with van der Waals surface area (Å²) in [6, 6.07) is 16.5. The molecule has 0 fully saturated rings. The normalized spacial score (nSPS) is 12.3. The quantitative estimate of drug-likeness (QED) is 0.102. The van der Waals surface area contributed by atoms with Gasteiger partial charge in [-0.05, 0) is 80.9 Å². The number of fused-ring (bicyclic) bond motifs is 4. The van der Waals surface area contributed by atoms with Crippen molar-refractivity contribution in [1.29, 1.82) is 0 Å². The molecule has 0 saturated heterocycles. The summed E-state index contributed by atoms with van der Waals surface area (Å²) in [5.41, 5.74) is 4.09. The number of aromatic nitrogens is 2. The summed E-state index contributed by atoms with van der Waals surface area (Å²) in [6.07, 6.45) is 0. The Morgan fingerprint density at radius 3 is 2.27 bits per heavy atom. The molecule has 1 N–H and O–H groups in total. The molecule has 8 nitrogen and oxygen atoms in total. The number of hydrogen-bond donors (Lipinski definition) is 2. The van der Waals surface area contributed by atoms with E-state index in [0.29, 0.717) is 49.5 Å². The topological polar surface area (TPSA) is 118 Å². The summed E-state index contributed by atoms with van der Waals surface area (Å²) in [6.45, 7) is 9.28. The number of carbonyl (C=O) groups excluding carboxylic acids is 1. The van der Waals surface area contributed by atoms with Gasteiger partial charge in [-0.3, -0.25) is 23.5 Å². The fourth-order valence-corrected chi connectivity index (χ4v) is 5.95. The molecule has 2 heterocycles. The minimum Gasteiger partial charge on any atom is -0.294 e. The van der Waals surface area contributed by atoms with Crippen LogP contribution in [0, 0.1) is 6.92 Å². The first-order chi connectivity index (χ1) is 19.5. The summed E-state index contributed by atoms with van der Waals surface area (Å²) in [7, 11) is -4.49. The number of ketones is 1. The number of imidazole rings is 1.